The zero-order valence-corrected chi connectivity index (χ0v) is 13.1. The number of hydrogen-bond donors (Lipinski definition) is 1. The summed E-state index contributed by atoms with van der Waals surface area (Å²) in [6.45, 7) is 0.781. The average Bonchev–Trinajstić information content (AvgIpc) is 2.55. The van der Waals surface area contributed by atoms with E-state index >= 15 is 0 Å². The second kappa shape index (κ2) is 7.64. The van der Waals surface area contributed by atoms with E-state index < -0.39 is 0 Å². The van der Waals surface area contributed by atoms with Crippen LogP contribution < -0.4 is 14.8 Å². The van der Waals surface area contributed by atoms with Gasteiger partial charge in [0.05, 0.1) is 19.8 Å². The number of thiocarbonyl (C=S) groups is 1. The van der Waals surface area contributed by atoms with Gasteiger partial charge in [-0.1, -0.05) is 42.5 Å². The van der Waals surface area contributed by atoms with Crippen LogP contribution in [-0.2, 0) is 6.42 Å². The van der Waals surface area contributed by atoms with Gasteiger partial charge in [-0.3, -0.25) is 0 Å². The van der Waals surface area contributed by atoms with Crippen molar-refractivity contribution < 1.29 is 9.47 Å². The first-order valence-corrected chi connectivity index (χ1v) is 7.19. The van der Waals surface area contributed by atoms with Crippen molar-refractivity contribution in [3.05, 3.63) is 59.7 Å². The summed E-state index contributed by atoms with van der Waals surface area (Å²) in [5, 5.41) is 3.27. The highest BCUT2D eigenvalue weighted by Gasteiger charge is 2.09. The lowest BCUT2D eigenvalue weighted by Gasteiger charge is -2.13. The summed E-state index contributed by atoms with van der Waals surface area (Å²) in [5.41, 5.74) is 2.13. The zero-order chi connectivity index (χ0) is 15.1. The number of hydrogen-bond acceptors (Lipinski definition) is 3. The molecule has 21 heavy (non-hydrogen) atoms. The molecular weight excluding hydrogens is 282 g/mol. The molecule has 110 valence electrons. The van der Waals surface area contributed by atoms with Crippen molar-refractivity contribution in [1.29, 1.82) is 0 Å². The fraction of sp³-hybridized carbons (Fsp3) is 0.235. The second-order valence-corrected chi connectivity index (χ2v) is 4.97. The molecule has 0 radical (unpaired) electrons. The predicted octanol–water partition coefficient (Wildman–Crippen LogP) is 3.21. The van der Waals surface area contributed by atoms with E-state index in [1.165, 1.54) is 5.56 Å². The molecule has 0 saturated carbocycles. The van der Waals surface area contributed by atoms with Gasteiger partial charge in [0.25, 0.3) is 0 Å². The Hall–Kier alpha value is -2.07. The second-order valence-electron chi connectivity index (χ2n) is 4.56. The highest BCUT2D eigenvalue weighted by Crippen LogP contribution is 2.24. The third-order valence-corrected chi connectivity index (χ3v) is 3.56. The van der Waals surface area contributed by atoms with E-state index in [1.807, 2.05) is 36.4 Å². The van der Waals surface area contributed by atoms with Gasteiger partial charge in [0, 0.05) is 6.54 Å². The van der Waals surface area contributed by atoms with E-state index in [1.54, 1.807) is 14.2 Å². The predicted molar refractivity (Wildman–Crippen MR) is 89.4 cm³/mol. The van der Waals surface area contributed by atoms with Crippen LogP contribution in [0.5, 0.6) is 11.5 Å². The first-order chi connectivity index (χ1) is 10.2. The monoisotopic (exact) mass is 301 g/mol. The van der Waals surface area contributed by atoms with E-state index in [9.17, 15) is 0 Å². The number of ether oxygens (including phenoxy) is 2. The van der Waals surface area contributed by atoms with Crippen molar-refractivity contribution in [2.24, 2.45) is 0 Å². The van der Waals surface area contributed by atoms with Crippen LogP contribution in [0.4, 0.5) is 0 Å². The molecule has 0 atom stereocenters. The van der Waals surface area contributed by atoms with E-state index in [2.05, 4.69) is 17.4 Å². The molecule has 2 aromatic carbocycles. The van der Waals surface area contributed by atoms with Gasteiger partial charge in [-0.15, -0.1) is 0 Å². The van der Waals surface area contributed by atoms with E-state index in [-0.39, 0.29) is 0 Å². The average molecular weight is 301 g/mol. The lowest BCUT2D eigenvalue weighted by molar-refractivity contribution is 0.402. The summed E-state index contributed by atoms with van der Waals surface area (Å²) in [6, 6.07) is 15.9. The van der Waals surface area contributed by atoms with Gasteiger partial charge in [-0.25, -0.2) is 0 Å². The number of methoxy groups -OCH3 is 2. The standard InChI is InChI=1S/C17H19NO2S/c1-19-14-8-9-16(20-2)15(12-14)17(21)18-11-10-13-6-4-3-5-7-13/h3-9,12H,10-11H2,1-2H3,(H,18,21). The van der Waals surface area contributed by atoms with E-state index in [0.29, 0.717) is 4.99 Å². The van der Waals surface area contributed by atoms with E-state index in [0.717, 1.165) is 30.0 Å². The molecule has 3 nitrogen and oxygen atoms in total. The molecule has 0 aliphatic heterocycles. The van der Waals surface area contributed by atoms with Gasteiger partial charge in [0.1, 0.15) is 16.5 Å². The maximum absolute atomic E-state index is 5.45. The minimum Gasteiger partial charge on any atom is -0.497 e. The first kappa shape index (κ1) is 15.3. The fourth-order valence-electron chi connectivity index (χ4n) is 2.05. The van der Waals surface area contributed by atoms with Crippen molar-refractivity contribution in [3.63, 3.8) is 0 Å². The van der Waals surface area contributed by atoms with Gasteiger partial charge in [0.2, 0.25) is 0 Å². The summed E-state index contributed by atoms with van der Waals surface area (Å²) >= 11 is 5.45. The number of benzene rings is 2. The fourth-order valence-corrected chi connectivity index (χ4v) is 2.31. The molecule has 0 spiro atoms. The van der Waals surface area contributed by atoms with Gasteiger partial charge in [0.15, 0.2) is 0 Å². The molecule has 0 aliphatic rings. The molecule has 1 N–H and O–H groups in total. The highest BCUT2D eigenvalue weighted by molar-refractivity contribution is 7.80. The summed E-state index contributed by atoms with van der Waals surface area (Å²) in [4.78, 5) is 0.668. The minimum absolute atomic E-state index is 0.668. The Labute approximate surface area is 130 Å². The Bertz CT molecular complexity index is 599. The molecule has 0 heterocycles. The van der Waals surface area contributed by atoms with Crippen LogP contribution in [0.3, 0.4) is 0 Å². The molecule has 2 aromatic rings. The summed E-state index contributed by atoms with van der Waals surface area (Å²) < 4.78 is 10.6. The molecule has 2 rings (SSSR count). The number of nitrogens with one attached hydrogen (secondary N) is 1. The van der Waals surface area contributed by atoms with Crippen molar-refractivity contribution in [2.75, 3.05) is 20.8 Å². The smallest absolute Gasteiger partial charge is 0.129 e. The Morgan fingerprint density at radius 1 is 1.05 bits per heavy atom. The molecular formula is C17H19NO2S. The molecule has 4 heteroatoms. The third kappa shape index (κ3) is 4.20. The quantitative estimate of drug-likeness (QED) is 0.830. The van der Waals surface area contributed by atoms with Crippen LogP contribution in [0, 0.1) is 0 Å². The summed E-state index contributed by atoms with van der Waals surface area (Å²) in [7, 11) is 3.27. The Morgan fingerprint density at radius 3 is 2.48 bits per heavy atom. The third-order valence-electron chi connectivity index (χ3n) is 3.19. The molecule has 0 fully saturated rings. The first-order valence-electron chi connectivity index (χ1n) is 6.78. The topological polar surface area (TPSA) is 30.5 Å². The lowest BCUT2D eigenvalue weighted by Crippen LogP contribution is -2.25. The van der Waals surface area contributed by atoms with Gasteiger partial charge >= 0.3 is 0 Å². The van der Waals surface area contributed by atoms with Crippen LogP contribution in [0.2, 0.25) is 0 Å². The van der Waals surface area contributed by atoms with Crippen molar-refractivity contribution >= 4 is 17.2 Å². The van der Waals surface area contributed by atoms with Gasteiger partial charge in [-0.05, 0) is 30.2 Å². The minimum atomic E-state index is 0.668. The Kier molecular flexibility index (Phi) is 5.58. The molecule has 0 saturated heterocycles. The summed E-state index contributed by atoms with van der Waals surface area (Å²) in [5.74, 6) is 1.51. The maximum Gasteiger partial charge on any atom is 0.129 e. The van der Waals surface area contributed by atoms with Crippen molar-refractivity contribution in [2.45, 2.75) is 6.42 Å². The largest absolute Gasteiger partial charge is 0.497 e. The van der Waals surface area contributed by atoms with Crippen molar-refractivity contribution in [1.82, 2.24) is 5.32 Å². The normalized spacial score (nSPS) is 10.0. The molecule has 0 aromatic heterocycles. The van der Waals surface area contributed by atoms with Gasteiger partial charge in [-0.2, -0.15) is 0 Å². The Balaban J connectivity index is 1.99. The highest BCUT2D eigenvalue weighted by atomic mass is 32.1. The SMILES string of the molecule is COc1ccc(OC)c(C(=S)NCCc2ccccc2)c1. The van der Waals surface area contributed by atoms with Crippen LogP contribution in [0.15, 0.2) is 48.5 Å². The Morgan fingerprint density at radius 2 is 1.81 bits per heavy atom. The van der Waals surface area contributed by atoms with E-state index in [4.69, 9.17) is 21.7 Å². The van der Waals surface area contributed by atoms with Gasteiger partial charge < -0.3 is 14.8 Å². The van der Waals surface area contributed by atoms with Crippen LogP contribution in [0.1, 0.15) is 11.1 Å². The zero-order valence-electron chi connectivity index (χ0n) is 12.3. The molecule has 0 aliphatic carbocycles. The molecule has 0 unspecified atom stereocenters. The van der Waals surface area contributed by atoms with Crippen LogP contribution >= 0.6 is 12.2 Å². The van der Waals surface area contributed by atoms with Crippen LogP contribution in [-0.4, -0.2) is 25.8 Å². The number of rotatable bonds is 6. The maximum atomic E-state index is 5.45. The van der Waals surface area contributed by atoms with Crippen LogP contribution in [0.25, 0.3) is 0 Å². The molecule has 0 bridgehead atoms. The molecule has 0 amide bonds. The van der Waals surface area contributed by atoms with Crippen molar-refractivity contribution in [3.8, 4) is 11.5 Å². The lowest BCUT2D eigenvalue weighted by atomic mass is 10.1. The summed E-state index contributed by atoms with van der Waals surface area (Å²) in [6.07, 6.45) is 0.924.